The summed E-state index contributed by atoms with van der Waals surface area (Å²) in [5.41, 5.74) is 7.86. The second-order valence-corrected chi connectivity index (χ2v) is 7.76. The number of rotatable bonds is 7. The van der Waals surface area contributed by atoms with Gasteiger partial charge in [0.25, 0.3) is 0 Å². The molecule has 1 aliphatic carbocycles. The van der Waals surface area contributed by atoms with E-state index in [0.29, 0.717) is 30.5 Å². The van der Waals surface area contributed by atoms with Crippen molar-refractivity contribution >= 4 is 22.8 Å². The molecule has 2 heterocycles. The van der Waals surface area contributed by atoms with Gasteiger partial charge in [0.2, 0.25) is 5.95 Å². The molecule has 4 N–H and O–H groups in total. The third kappa shape index (κ3) is 4.33. The first-order valence-corrected chi connectivity index (χ1v) is 9.86. The summed E-state index contributed by atoms with van der Waals surface area (Å²) in [7, 11) is 1.78. The van der Waals surface area contributed by atoms with Crippen LogP contribution in [0, 0.1) is 11.8 Å². The Labute approximate surface area is 171 Å². The maximum Gasteiger partial charge on any atom is 0.391 e. The van der Waals surface area contributed by atoms with Crippen molar-refractivity contribution in [2.45, 2.75) is 25.1 Å². The molecule has 7 nitrogen and oxygen atoms in total. The van der Waals surface area contributed by atoms with Crippen molar-refractivity contribution in [3.63, 3.8) is 0 Å². The van der Waals surface area contributed by atoms with E-state index < -0.39 is 12.1 Å². The number of halogens is 3. The van der Waals surface area contributed by atoms with Crippen LogP contribution in [0.25, 0.3) is 11.0 Å². The first-order chi connectivity index (χ1) is 14.3. The number of anilines is 2. The van der Waals surface area contributed by atoms with Gasteiger partial charge in [0, 0.05) is 26.2 Å². The summed E-state index contributed by atoms with van der Waals surface area (Å²) in [6.07, 6.45) is -2.16. The SMILES string of the molecule is Cn1ncc2c(NCC3CC(C(F)(F)F)C3)nc(NC[C@H](N)c3ccccc3)nc21. The molecule has 0 spiro atoms. The minimum atomic E-state index is -4.10. The minimum absolute atomic E-state index is 0.0266. The molecular weight excluding hydrogens is 395 g/mol. The zero-order chi connectivity index (χ0) is 21.3. The zero-order valence-electron chi connectivity index (χ0n) is 16.5. The van der Waals surface area contributed by atoms with E-state index in [1.54, 1.807) is 17.9 Å². The Morgan fingerprint density at radius 3 is 2.60 bits per heavy atom. The summed E-state index contributed by atoms with van der Waals surface area (Å²) < 4.78 is 39.7. The molecular formula is C20H24F3N7. The summed E-state index contributed by atoms with van der Waals surface area (Å²) in [6, 6.07) is 9.47. The molecule has 160 valence electrons. The van der Waals surface area contributed by atoms with Crippen LogP contribution < -0.4 is 16.4 Å². The fourth-order valence-electron chi connectivity index (χ4n) is 3.67. The Morgan fingerprint density at radius 1 is 1.17 bits per heavy atom. The first-order valence-electron chi connectivity index (χ1n) is 9.86. The van der Waals surface area contributed by atoms with Gasteiger partial charge in [0.05, 0.1) is 17.5 Å². The standard InChI is InChI=1S/C20H24F3N7/c1-30-18-15(10-27-30)17(25-9-12-7-14(8-12)20(21,22)23)28-19(29-18)26-11-16(24)13-5-3-2-4-6-13/h2-6,10,12,14,16H,7-9,11,24H2,1H3,(H2,25,26,28,29)/t12?,14?,16-/m0/s1. The second kappa shape index (κ2) is 8.10. The molecule has 1 fully saturated rings. The number of hydrogen-bond acceptors (Lipinski definition) is 6. The fraction of sp³-hybridized carbons (Fsp3) is 0.450. The van der Waals surface area contributed by atoms with Crippen LogP contribution in [0.4, 0.5) is 24.9 Å². The van der Waals surface area contributed by atoms with Crippen molar-refractivity contribution in [2.75, 3.05) is 23.7 Å². The molecule has 0 aliphatic heterocycles. The van der Waals surface area contributed by atoms with Crippen LogP contribution >= 0.6 is 0 Å². The van der Waals surface area contributed by atoms with E-state index in [-0.39, 0.29) is 24.8 Å². The number of benzene rings is 1. The maximum atomic E-state index is 12.7. The number of alkyl halides is 3. The van der Waals surface area contributed by atoms with E-state index in [9.17, 15) is 13.2 Å². The van der Waals surface area contributed by atoms with Crippen LogP contribution in [0.1, 0.15) is 24.4 Å². The Hall–Kier alpha value is -2.88. The predicted molar refractivity (Wildman–Crippen MR) is 109 cm³/mol. The van der Waals surface area contributed by atoms with Crippen molar-refractivity contribution in [3.8, 4) is 0 Å². The topological polar surface area (TPSA) is 93.7 Å². The lowest BCUT2D eigenvalue weighted by Crippen LogP contribution is -2.38. The molecule has 4 rings (SSSR count). The lowest BCUT2D eigenvalue weighted by atomic mass is 9.74. The molecule has 1 saturated carbocycles. The van der Waals surface area contributed by atoms with Crippen molar-refractivity contribution in [1.29, 1.82) is 0 Å². The molecule has 0 amide bonds. The Morgan fingerprint density at radius 2 is 1.90 bits per heavy atom. The highest BCUT2D eigenvalue weighted by atomic mass is 19.4. The van der Waals surface area contributed by atoms with Gasteiger partial charge in [-0.05, 0) is 24.3 Å². The Balaban J connectivity index is 1.44. The highest BCUT2D eigenvalue weighted by Gasteiger charge is 2.47. The maximum absolute atomic E-state index is 12.7. The molecule has 0 saturated heterocycles. The van der Waals surface area contributed by atoms with Crippen molar-refractivity contribution in [3.05, 3.63) is 42.1 Å². The molecule has 0 unspecified atom stereocenters. The zero-order valence-corrected chi connectivity index (χ0v) is 16.5. The van der Waals surface area contributed by atoms with E-state index >= 15 is 0 Å². The Bertz CT molecular complexity index is 997. The van der Waals surface area contributed by atoms with E-state index in [1.165, 1.54) is 0 Å². The van der Waals surface area contributed by atoms with Crippen molar-refractivity contribution in [2.24, 2.45) is 24.6 Å². The van der Waals surface area contributed by atoms with Crippen LogP contribution in [-0.4, -0.2) is 39.0 Å². The number of aryl methyl sites for hydroxylation is 1. The van der Waals surface area contributed by atoms with Crippen LogP contribution in [0.5, 0.6) is 0 Å². The van der Waals surface area contributed by atoms with E-state index in [4.69, 9.17) is 5.73 Å². The van der Waals surface area contributed by atoms with E-state index in [1.807, 2.05) is 30.3 Å². The normalized spacial score (nSPS) is 20.0. The average molecular weight is 419 g/mol. The number of nitrogens with zero attached hydrogens (tertiary/aromatic N) is 4. The van der Waals surface area contributed by atoms with Crippen LogP contribution in [-0.2, 0) is 7.05 Å². The van der Waals surface area contributed by atoms with E-state index in [0.717, 1.165) is 10.9 Å². The van der Waals surface area contributed by atoms with Gasteiger partial charge in [-0.25, -0.2) is 0 Å². The summed E-state index contributed by atoms with van der Waals surface area (Å²) in [5, 5.41) is 11.3. The average Bonchev–Trinajstić information content (AvgIpc) is 3.05. The van der Waals surface area contributed by atoms with Gasteiger partial charge in [-0.2, -0.15) is 28.2 Å². The van der Waals surface area contributed by atoms with Gasteiger partial charge >= 0.3 is 6.18 Å². The quantitative estimate of drug-likeness (QED) is 0.543. The molecule has 1 atom stereocenters. The molecule has 3 aromatic rings. The lowest BCUT2D eigenvalue weighted by Gasteiger charge is -2.36. The van der Waals surface area contributed by atoms with Gasteiger partial charge in [-0.1, -0.05) is 30.3 Å². The van der Waals surface area contributed by atoms with Gasteiger partial charge in [-0.3, -0.25) is 4.68 Å². The highest BCUT2D eigenvalue weighted by Crippen LogP contribution is 2.44. The molecule has 0 radical (unpaired) electrons. The second-order valence-electron chi connectivity index (χ2n) is 7.76. The summed E-state index contributed by atoms with van der Waals surface area (Å²) in [5.74, 6) is -0.271. The van der Waals surface area contributed by atoms with Crippen molar-refractivity contribution in [1.82, 2.24) is 19.7 Å². The van der Waals surface area contributed by atoms with E-state index in [2.05, 4.69) is 25.7 Å². The number of nitrogens with one attached hydrogen (secondary N) is 2. The largest absolute Gasteiger partial charge is 0.391 e. The highest BCUT2D eigenvalue weighted by molar-refractivity contribution is 5.87. The van der Waals surface area contributed by atoms with Crippen LogP contribution in [0.15, 0.2) is 36.5 Å². The minimum Gasteiger partial charge on any atom is -0.369 e. The van der Waals surface area contributed by atoms with Gasteiger partial charge in [0.1, 0.15) is 5.82 Å². The third-order valence-corrected chi connectivity index (χ3v) is 5.56. The molecule has 30 heavy (non-hydrogen) atoms. The Kier molecular flexibility index (Phi) is 5.50. The number of aromatic nitrogens is 4. The van der Waals surface area contributed by atoms with Gasteiger partial charge in [-0.15, -0.1) is 0 Å². The van der Waals surface area contributed by atoms with Crippen LogP contribution in [0.2, 0.25) is 0 Å². The molecule has 10 heteroatoms. The summed E-state index contributed by atoms with van der Waals surface area (Å²) >= 11 is 0. The van der Waals surface area contributed by atoms with Gasteiger partial charge < -0.3 is 16.4 Å². The smallest absolute Gasteiger partial charge is 0.369 e. The summed E-state index contributed by atoms with van der Waals surface area (Å²) in [4.78, 5) is 9.01. The van der Waals surface area contributed by atoms with Gasteiger partial charge in [0.15, 0.2) is 5.65 Å². The molecule has 1 aliphatic rings. The number of hydrogen-bond donors (Lipinski definition) is 3. The molecule has 0 bridgehead atoms. The number of fused-ring (bicyclic) bond motifs is 1. The molecule has 2 aromatic heterocycles. The lowest BCUT2D eigenvalue weighted by molar-refractivity contribution is -0.203. The third-order valence-electron chi connectivity index (χ3n) is 5.56. The van der Waals surface area contributed by atoms with Crippen LogP contribution in [0.3, 0.4) is 0 Å². The summed E-state index contributed by atoms with van der Waals surface area (Å²) in [6.45, 7) is 0.860. The first kappa shape index (κ1) is 20.4. The van der Waals surface area contributed by atoms with Crippen molar-refractivity contribution < 1.29 is 13.2 Å². The predicted octanol–water partition coefficient (Wildman–Crippen LogP) is 3.48. The molecule has 1 aromatic carbocycles. The fourth-order valence-corrected chi connectivity index (χ4v) is 3.67. The monoisotopic (exact) mass is 419 g/mol. The number of nitrogens with two attached hydrogens (primary N) is 1.